The minimum absolute atomic E-state index is 0.0223. The molecular weight excluding hydrogens is 1560 g/mol. The van der Waals surface area contributed by atoms with Crippen LogP contribution < -0.4 is 10.6 Å². The van der Waals surface area contributed by atoms with Crippen molar-refractivity contribution < 1.29 is 102 Å². The second kappa shape index (κ2) is 36.8. The first-order valence-electron chi connectivity index (χ1n) is 41.1. The van der Waals surface area contributed by atoms with E-state index in [-0.39, 0.29) is 94.0 Å². The Balaban J connectivity index is 0.000000271. The van der Waals surface area contributed by atoms with Gasteiger partial charge in [-0.1, -0.05) is 192 Å². The molecule has 0 radical (unpaired) electrons. The highest BCUT2D eigenvalue weighted by Crippen LogP contribution is 2.65. The Morgan fingerprint density at radius 2 is 0.939 bits per heavy atom. The van der Waals surface area contributed by atoms with E-state index < -0.39 is 93.9 Å². The van der Waals surface area contributed by atoms with Crippen LogP contribution in [0.25, 0.3) is 0 Å². The van der Waals surface area contributed by atoms with E-state index in [1.165, 1.54) is 5.57 Å². The standard InChI is InChI=1S/C33H48F6O4.C33H51O3PSi2.C24H36F6O3/c1-21-23(19-24(40)20-26(21)41)11-10-22-9-6-17-30(5)25(22)12-13-27(30)29(4,15-7-14-28(2,3)42)16-8-18-31(43,32(34,35)36)33(37,38)39;1-26-27(22-23-37(34,29-18-14-12-15-19-29)30-20-16-13-17-21-30)24-28(35-38(8,9)32(2,3)4)25-31(26)36-39(10,11)33(5,6)7;1-19(2,32)11-6-12-20(3,13-7-15-22(33,23(25,26)27)24(28,29)30)18-10-9-16-17(31)8-5-14-21(16,18)4/h8,10-11,18,24-27,40-43H,1,6-7,9,12-17,19-20H2,2-5H3;12-22,28,31H,1,23-25H2,2-11H3;7,15-16,18,32-33H,5-6,8-14H2,1-4H3/b18-8-,22-10+,23-11-;27-22-;15-7-/t24-,25?,26+,27-,29?,30+;28-,31+;16?,18-,20?,21+/m111/s1. The lowest BCUT2D eigenvalue weighted by Gasteiger charge is -2.49. The van der Waals surface area contributed by atoms with Gasteiger partial charge in [0.25, 0.3) is 11.2 Å². The summed E-state index contributed by atoms with van der Waals surface area (Å²) in [4.78, 5) is 12.5. The van der Waals surface area contributed by atoms with E-state index in [0.717, 1.165) is 97.3 Å². The molecule has 2 aromatic carbocycles. The number of carbonyl (C=O) groups is 1. The predicted octanol–water partition coefficient (Wildman–Crippen LogP) is 23.5. The summed E-state index contributed by atoms with van der Waals surface area (Å²) in [5.74, 6) is 0.108. The van der Waals surface area contributed by atoms with E-state index >= 15 is 0 Å². The largest absolute Gasteiger partial charge is 0.429 e. The third kappa shape index (κ3) is 24.0. The molecule has 0 amide bonds. The number of aliphatic hydroxyl groups is 6. The number of hydrogen-bond acceptors (Lipinski definition) is 10. The molecule has 2 aromatic rings. The zero-order chi connectivity index (χ0) is 87.4. The zero-order valence-electron chi connectivity index (χ0n) is 71.4. The molecule has 652 valence electrons. The summed E-state index contributed by atoms with van der Waals surface area (Å²) in [6, 6.07) is 19.8. The molecule has 6 fully saturated rings. The molecule has 4 unspecified atom stereocenters. The van der Waals surface area contributed by atoms with E-state index in [4.69, 9.17) is 8.85 Å². The third-order valence-electron chi connectivity index (χ3n) is 27.6. The summed E-state index contributed by atoms with van der Waals surface area (Å²) >= 11 is 0. The lowest BCUT2D eigenvalue weighted by Crippen LogP contribution is -2.55. The molecule has 12 atom stereocenters. The van der Waals surface area contributed by atoms with Crippen LogP contribution in [0, 0.1) is 45.3 Å². The number of allylic oxidation sites excluding steroid dienone is 6. The highest BCUT2D eigenvalue weighted by atomic mass is 31.2. The number of halogens is 12. The van der Waals surface area contributed by atoms with E-state index in [1.807, 2.05) is 93.6 Å². The molecule has 0 aromatic heterocycles. The van der Waals surface area contributed by atoms with E-state index in [2.05, 4.69) is 93.9 Å². The summed E-state index contributed by atoms with van der Waals surface area (Å²) in [5, 5.41) is 61.9. The second-order valence-corrected chi connectivity index (χ2v) is 52.0. The molecular formula is C90H135F12O10PSi2. The Morgan fingerprint density at radius 3 is 1.36 bits per heavy atom. The van der Waals surface area contributed by atoms with Crippen LogP contribution in [0.2, 0.25) is 36.3 Å². The van der Waals surface area contributed by atoms with Crippen molar-refractivity contribution in [1.29, 1.82) is 0 Å². The summed E-state index contributed by atoms with van der Waals surface area (Å²) in [6.45, 7) is 46.1. The summed E-state index contributed by atoms with van der Waals surface area (Å²) in [5.41, 5.74) is -9.01. The van der Waals surface area contributed by atoms with Gasteiger partial charge in [-0.05, 0) is 247 Å². The topological polar surface area (TPSA) is 174 Å². The molecule has 0 bridgehead atoms. The fourth-order valence-corrected chi connectivity index (χ4v) is 24.0. The predicted molar refractivity (Wildman–Crippen MR) is 441 cm³/mol. The molecule has 115 heavy (non-hydrogen) atoms. The van der Waals surface area contributed by atoms with Gasteiger partial charge in [-0.25, -0.2) is 0 Å². The Morgan fingerprint density at radius 1 is 0.530 bits per heavy atom. The lowest BCUT2D eigenvalue weighted by molar-refractivity contribution is -0.348. The number of benzene rings is 2. The van der Waals surface area contributed by atoms with Crippen LogP contribution in [0.1, 0.15) is 238 Å². The fraction of sp³-hybridized carbons (Fsp3) is 0.700. The fourth-order valence-electron chi connectivity index (χ4n) is 18.8. The lowest BCUT2D eigenvalue weighted by atomic mass is 9.55. The van der Waals surface area contributed by atoms with E-state index in [1.54, 1.807) is 27.7 Å². The average molecular weight is 1690 g/mol. The van der Waals surface area contributed by atoms with Crippen molar-refractivity contribution >= 4 is 40.2 Å². The molecule has 10 nitrogen and oxygen atoms in total. The van der Waals surface area contributed by atoms with Gasteiger partial charge in [0.15, 0.2) is 16.6 Å². The van der Waals surface area contributed by atoms with Gasteiger partial charge in [-0.3, -0.25) is 4.79 Å². The van der Waals surface area contributed by atoms with Gasteiger partial charge >= 0.3 is 24.7 Å². The molecule has 6 aliphatic carbocycles. The Kier molecular flexibility index (Phi) is 31.9. The van der Waals surface area contributed by atoms with E-state index in [0.29, 0.717) is 75.9 Å². The first-order valence-corrected chi connectivity index (χ1v) is 48.8. The van der Waals surface area contributed by atoms with Crippen LogP contribution in [0.3, 0.4) is 0 Å². The third-order valence-corrected chi connectivity index (χ3v) is 39.6. The van der Waals surface area contributed by atoms with Crippen molar-refractivity contribution in [2.45, 2.75) is 346 Å². The van der Waals surface area contributed by atoms with Crippen molar-refractivity contribution in [3.63, 3.8) is 0 Å². The van der Waals surface area contributed by atoms with Crippen LogP contribution in [0.4, 0.5) is 52.7 Å². The number of Topliss-reactive ketones (excluding diaryl/α,β-unsaturated/α-hetero) is 1. The minimum atomic E-state index is -5.92. The second-order valence-electron chi connectivity index (χ2n) is 39.6. The maximum Gasteiger partial charge on any atom is 0.429 e. The van der Waals surface area contributed by atoms with Gasteiger partial charge in [0.1, 0.15) is 12.9 Å². The molecule has 6 N–H and O–H groups in total. The smallest absolute Gasteiger partial charge is 0.413 e. The number of hydrogen-bond donors (Lipinski definition) is 6. The Bertz CT molecular complexity index is 3740. The maximum atomic E-state index is 14.7. The number of fused-ring (bicyclic) bond motifs is 2. The Hall–Kier alpha value is -4.21. The number of carbonyl (C=O) groups excluding carboxylic acids is 1. The summed E-state index contributed by atoms with van der Waals surface area (Å²) < 4.78 is 187. The number of ketones is 1. The van der Waals surface area contributed by atoms with Crippen molar-refractivity contribution in [3.8, 4) is 0 Å². The van der Waals surface area contributed by atoms with Gasteiger partial charge in [0.2, 0.25) is 0 Å². The van der Waals surface area contributed by atoms with Crippen LogP contribution >= 0.6 is 7.14 Å². The average Bonchev–Trinajstić information content (AvgIpc) is 1.59. The summed E-state index contributed by atoms with van der Waals surface area (Å²) in [7, 11) is -6.90. The quantitative estimate of drug-likeness (QED) is 0.0243. The molecule has 0 heterocycles. The normalized spacial score (nSPS) is 27.8. The van der Waals surface area contributed by atoms with Crippen molar-refractivity contribution in [3.05, 3.63) is 144 Å². The summed E-state index contributed by atoms with van der Waals surface area (Å²) in [6.07, 6.45) is -4.74. The van der Waals surface area contributed by atoms with Gasteiger partial charge < -0.3 is 44.1 Å². The molecule has 25 heteroatoms. The van der Waals surface area contributed by atoms with Crippen LogP contribution in [0.15, 0.2) is 144 Å². The molecule has 0 spiro atoms. The number of alkyl halides is 12. The van der Waals surface area contributed by atoms with Crippen LogP contribution in [-0.2, 0) is 18.2 Å². The molecule has 6 saturated carbocycles. The molecule has 0 aliphatic heterocycles. The molecule has 8 rings (SSSR count). The van der Waals surface area contributed by atoms with Crippen molar-refractivity contribution in [2.75, 3.05) is 6.16 Å². The van der Waals surface area contributed by atoms with Crippen molar-refractivity contribution in [1.82, 2.24) is 0 Å². The highest BCUT2D eigenvalue weighted by Gasteiger charge is 2.70. The maximum absolute atomic E-state index is 14.7. The van der Waals surface area contributed by atoms with Crippen molar-refractivity contribution in [2.24, 2.45) is 45.3 Å². The van der Waals surface area contributed by atoms with Crippen LogP contribution in [0.5, 0.6) is 0 Å². The highest BCUT2D eigenvalue weighted by molar-refractivity contribution is 7.78. The van der Waals surface area contributed by atoms with Gasteiger partial charge in [0.05, 0.1) is 35.6 Å². The first kappa shape index (κ1) is 99.6. The van der Waals surface area contributed by atoms with Gasteiger partial charge in [-0.2, -0.15) is 52.7 Å². The monoisotopic (exact) mass is 1690 g/mol. The SMILES string of the molecule is C=C1/C(=C\C=C2/CCC[C@@]3(C)C2CC[C@@H]3C(C)(C/C=C\C(O)(C(F)(F)F)C(F)(F)F)CCCC(C)(C)O)C[C@@H](O)C[C@@H]1O.C=C1/C(=C\CP(=O)(c2ccccc2)c2ccccc2)C[C@@H](O[Si](C)(C)C(C)(C)C)C[C@@H]1O[Si](C)(C)C(C)(C)C.CC(C)(O)CCCC(C)(C/C=C\C(O)(C(F)(F)F)C(F)(F)F)[C@H]1CCC2C(=O)CCC[C@@]21C. The minimum Gasteiger partial charge on any atom is -0.413 e. The number of rotatable bonds is 25. The zero-order valence-corrected chi connectivity index (χ0v) is 74.3. The molecule has 0 saturated heterocycles. The van der Waals surface area contributed by atoms with Gasteiger partial charge in [-0.15, -0.1) is 0 Å². The van der Waals surface area contributed by atoms with Crippen LogP contribution in [-0.4, -0.2) is 131 Å². The van der Waals surface area contributed by atoms with E-state index in [9.17, 15) is 92.7 Å². The number of aliphatic hydroxyl groups excluding tert-OH is 2. The first-order chi connectivity index (χ1) is 52.2. The molecule has 6 aliphatic rings. The van der Waals surface area contributed by atoms with Gasteiger partial charge in [0, 0.05) is 42.0 Å². The Labute approximate surface area is 680 Å².